The van der Waals surface area contributed by atoms with Crippen molar-refractivity contribution < 1.29 is 26.3 Å². The van der Waals surface area contributed by atoms with Crippen LogP contribution in [0.2, 0.25) is 0 Å². The first-order valence-electron chi connectivity index (χ1n) is 11.7. The van der Waals surface area contributed by atoms with E-state index in [0.29, 0.717) is 25.2 Å². The Hall–Kier alpha value is -2.24. The molecule has 0 bridgehead atoms. The van der Waals surface area contributed by atoms with Crippen molar-refractivity contribution in [3.8, 4) is 11.1 Å². The Labute approximate surface area is 190 Å². The molecule has 0 atom stereocenters. The predicted octanol–water partition coefficient (Wildman–Crippen LogP) is 9.02. The maximum atomic E-state index is 15.6. The normalized spacial score (nSPS) is 23.0. The molecule has 1 saturated carbocycles. The fourth-order valence-electron chi connectivity index (χ4n) is 5.48. The van der Waals surface area contributed by atoms with E-state index in [9.17, 15) is 4.39 Å². The first-order chi connectivity index (χ1) is 15.6. The Balaban J connectivity index is 1.78. The second-order valence-electron chi connectivity index (χ2n) is 9.34. The zero-order valence-corrected chi connectivity index (χ0v) is 18.7. The van der Waals surface area contributed by atoms with Crippen LogP contribution in [-0.2, 0) is 18.3 Å². The molecule has 0 N–H and O–H groups in total. The van der Waals surface area contributed by atoms with Crippen LogP contribution < -0.4 is 0 Å². The number of allylic oxidation sites excluding steroid dienone is 1. The van der Waals surface area contributed by atoms with Crippen molar-refractivity contribution >= 4 is 0 Å². The van der Waals surface area contributed by atoms with Crippen LogP contribution in [0.1, 0.15) is 80.0 Å². The molecule has 6 heteroatoms. The molecule has 0 spiro atoms. The molecule has 0 heterocycles. The summed E-state index contributed by atoms with van der Waals surface area (Å²) in [6.07, 6.45) is 7.24. The van der Waals surface area contributed by atoms with Crippen LogP contribution in [0.4, 0.5) is 26.3 Å². The molecule has 0 nitrogen and oxygen atoms in total. The van der Waals surface area contributed by atoms with Gasteiger partial charge in [0.1, 0.15) is 11.6 Å². The zero-order chi connectivity index (χ0) is 24.0. The minimum absolute atomic E-state index is 0.0412. The van der Waals surface area contributed by atoms with E-state index >= 15 is 22.0 Å². The van der Waals surface area contributed by atoms with Crippen LogP contribution in [0.5, 0.6) is 0 Å². The highest BCUT2D eigenvalue weighted by atomic mass is 19.3. The minimum atomic E-state index is -4.86. The second kappa shape index (κ2) is 8.84. The summed E-state index contributed by atoms with van der Waals surface area (Å²) < 4.78 is 91.1. The first-order valence-corrected chi connectivity index (χ1v) is 11.7. The van der Waals surface area contributed by atoms with Crippen molar-refractivity contribution in [2.75, 3.05) is 0 Å². The molecule has 2 aliphatic carbocycles. The van der Waals surface area contributed by atoms with Gasteiger partial charge in [-0.15, -0.1) is 6.58 Å². The maximum Gasteiger partial charge on any atom is 0.343 e. The lowest BCUT2D eigenvalue weighted by Crippen LogP contribution is -2.41. The number of halogens is 6. The molecule has 0 amide bonds. The lowest BCUT2D eigenvalue weighted by Gasteiger charge is -2.37. The topological polar surface area (TPSA) is 0 Å². The van der Waals surface area contributed by atoms with Crippen LogP contribution in [0, 0.1) is 17.6 Å². The number of fused-ring (bicyclic) bond motifs is 3. The van der Waals surface area contributed by atoms with E-state index in [1.807, 2.05) is 6.08 Å². The van der Waals surface area contributed by atoms with Crippen molar-refractivity contribution in [1.82, 2.24) is 0 Å². The van der Waals surface area contributed by atoms with Crippen LogP contribution in [0.3, 0.4) is 0 Å². The number of benzene rings is 2. The molecule has 0 aromatic heterocycles. The second-order valence-corrected chi connectivity index (χ2v) is 9.34. The molecular formula is C27H28F6. The number of alkyl halides is 4. The van der Waals surface area contributed by atoms with Gasteiger partial charge in [0.15, 0.2) is 0 Å². The maximum absolute atomic E-state index is 15.6. The van der Waals surface area contributed by atoms with Crippen molar-refractivity contribution in [1.29, 1.82) is 0 Å². The molecule has 0 saturated heterocycles. The Kier molecular flexibility index (Phi) is 6.41. The lowest BCUT2D eigenvalue weighted by atomic mass is 9.74. The molecule has 4 rings (SSSR count). The lowest BCUT2D eigenvalue weighted by molar-refractivity contribution is -0.227. The third-order valence-corrected chi connectivity index (χ3v) is 7.29. The van der Waals surface area contributed by atoms with E-state index in [0.717, 1.165) is 25.7 Å². The molecule has 0 unspecified atom stereocenters. The van der Waals surface area contributed by atoms with Gasteiger partial charge in [0, 0.05) is 0 Å². The van der Waals surface area contributed by atoms with Gasteiger partial charge in [-0.1, -0.05) is 43.7 Å². The molecule has 0 radical (unpaired) electrons. The van der Waals surface area contributed by atoms with E-state index in [2.05, 4.69) is 6.58 Å². The van der Waals surface area contributed by atoms with Crippen LogP contribution in [0.25, 0.3) is 11.1 Å². The monoisotopic (exact) mass is 466 g/mol. The average Bonchev–Trinajstić information content (AvgIpc) is 2.78. The molecule has 33 heavy (non-hydrogen) atoms. The molecule has 2 aromatic rings. The van der Waals surface area contributed by atoms with Gasteiger partial charge in [-0.25, -0.2) is 8.78 Å². The fourth-order valence-corrected chi connectivity index (χ4v) is 5.48. The first kappa shape index (κ1) is 23.9. The SMILES string of the molecule is C=CCCC1CCC(c2ccc3c(c2F)C(F)(F)C(F)(F)c2c-3ccc(CCC)c2F)CC1. The van der Waals surface area contributed by atoms with E-state index in [4.69, 9.17) is 0 Å². The van der Waals surface area contributed by atoms with E-state index in [-0.39, 0.29) is 34.6 Å². The van der Waals surface area contributed by atoms with Crippen LogP contribution >= 0.6 is 0 Å². The van der Waals surface area contributed by atoms with Crippen molar-refractivity contribution in [2.24, 2.45) is 5.92 Å². The molecule has 1 fully saturated rings. The predicted molar refractivity (Wildman–Crippen MR) is 118 cm³/mol. The van der Waals surface area contributed by atoms with Gasteiger partial charge in [-0.3, -0.25) is 0 Å². The largest absolute Gasteiger partial charge is 0.343 e. The standard InChI is InChI=1S/C27H28F6/c1-3-5-7-16-8-10-17(11-9-16)19-14-15-21-20-13-12-18(6-4-2)24(28)22(20)26(30,31)27(32,33)23(21)25(19)29/h3,12-17H,1,4-11H2,2H3. The number of hydrogen-bond acceptors (Lipinski definition) is 0. The summed E-state index contributed by atoms with van der Waals surface area (Å²) in [6.45, 7) is 5.46. The Morgan fingerprint density at radius 1 is 0.879 bits per heavy atom. The van der Waals surface area contributed by atoms with E-state index in [1.165, 1.54) is 24.3 Å². The van der Waals surface area contributed by atoms with Gasteiger partial charge in [0.25, 0.3) is 0 Å². The molecule has 2 aromatic carbocycles. The summed E-state index contributed by atoms with van der Waals surface area (Å²) in [5.74, 6) is -12.2. The molecule has 2 aliphatic rings. The minimum Gasteiger partial charge on any atom is -0.206 e. The smallest absolute Gasteiger partial charge is 0.206 e. The van der Waals surface area contributed by atoms with Crippen molar-refractivity contribution in [3.05, 3.63) is 70.8 Å². The van der Waals surface area contributed by atoms with Gasteiger partial charge in [0.05, 0.1) is 11.1 Å². The van der Waals surface area contributed by atoms with Gasteiger partial charge >= 0.3 is 11.8 Å². The summed E-state index contributed by atoms with van der Waals surface area (Å²) >= 11 is 0. The van der Waals surface area contributed by atoms with Gasteiger partial charge < -0.3 is 0 Å². The summed E-state index contributed by atoms with van der Waals surface area (Å²) in [5.41, 5.74) is -3.35. The summed E-state index contributed by atoms with van der Waals surface area (Å²) in [4.78, 5) is 0. The van der Waals surface area contributed by atoms with Crippen molar-refractivity contribution in [2.45, 2.75) is 76.1 Å². The third-order valence-electron chi connectivity index (χ3n) is 7.29. The number of rotatable bonds is 6. The van der Waals surface area contributed by atoms with E-state index in [1.54, 1.807) is 6.92 Å². The van der Waals surface area contributed by atoms with Gasteiger partial charge in [-0.05, 0) is 79.0 Å². The van der Waals surface area contributed by atoms with Gasteiger partial charge in [0.2, 0.25) is 0 Å². The highest BCUT2D eigenvalue weighted by molar-refractivity contribution is 5.77. The van der Waals surface area contributed by atoms with Crippen LogP contribution in [0.15, 0.2) is 36.9 Å². The van der Waals surface area contributed by atoms with E-state index < -0.39 is 34.6 Å². The zero-order valence-electron chi connectivity index (χ0n) is 18.7. The highest BCUT2D eigenvalue weighted by Crippen LogP contribution is 2.60. The van der Waals surface area contributed by atoms with Gasteiger partial charge in [-0.2, -0.15) is 17.6 Å². The van der Waals surface area contributed by atoms with Crippen molar-refractivity contribution in [3.63, 3.8) is 0 Å². The Morgan fingerprint density at radius 2 is 1.45 bits per heavy atom. The fraction of sp³-hybridized carbons (Fsp3) is 0.481. The average molecular weight is 467 g/mol. The molecule has 0 aliphatic heterocycles. The number of aryl methyl sites for hydroxylation is 1. The molecular weight excluding hydrogens is 438 g/mol. The van der Waals surface area contributed by atoms with Crippen LogP contribution in [-0.4, -0.2) is 0 Å². The Bertz CT molecular complexity index is 1050. The third kappa shape index (κ3) is 3.79. The number of hydrogen-bond donors (Lipinski definition) is 0. The highest BCUT2D eigenvalue weighted by Gasteiger charge is 2.65. The molecule has 178 valence electrons. The quantitative estimate of drug-likeness (QED) is 0.294. The summed E-state index contributed by atoms with van der Waals surface area (Å²) in [6, 6.07) is 5.23. The summed E-state index contributed by atoms with van der Waals surface area (Å²) in [7, 11) is 0. The Morgan fingerprint density at radius 3 is 2.03 bits per heavy atom. The summed E-state index contributed by atoms with van der Waals surface area (Å²) in [5, 5.41) is 0.